The van der Waals surface area contributed by atoms with Gasteiger partial charge in [-0.15, -0.1) is 0 Å². The Morgan fingerprint density at radius 1 is 1.47 bits per heavy atom. The second-order valence-electron chi connectivity index (χ2n) is 4.57. The van der Waals surface area contributed by atoms with Gasteiger partial charge >= 0.3 is 126 Å². The number of benzene rings is 1. The third kappa shape index (κ3) is 2.23. The molecule has 1 unspecified atom stereocenters. The van der Waals surface area contributed by atoms with Crippen molar-refractivity contribution in [3.05, 3.63) is 33.8 Å². The standard InChI is InChI=1S/C13H11BrN2O2Se/c1-13(6-19-7-15)10-4-3-8(14)5-9(10)11(17)16(2)12(13)18/h3-5H,6H2,1-2H3. The summed E-state index contributed by atoms with van der Waals surface area (Å²) in [4.78, 5) is 27.9. The SMILES string of the molecule is CN1C(=O)c2cc(Br)ccc2C(C)(C[Se]C#N)C1=O. The zero-order valence-electron chi connectivity index (χ0n) is 10.4. The average Bonchev–Trinajstić information content (AvgIpc) is 2.40. The zero-order valence-corrected chi connectivity index (χ0v) is 13.7. The van der Waals surface area contributed by atoms with Crippen molar-refractivity contribution in [3.8, 4) is 4.97 Å². The summed E-state index contributed by atoms with van der Waals surface area (Å²) in [5, 5.41) is 9.26. The predicted molar refractivity (Wildman–Crippen MR) is 74.8 cm³/mol. The van der Waals surface area contributed by atoms with Crippen LogP contribution in [0.15, 0.2) is 22.7 Å². The fourth-order valence-corrected chi connectivity index (χ4v) is 3.94. The summed E-state index contributed by atoms with van der Waals surface area (Å²) in [5.74, 6) is -0.521. The molecule has 1 aromatic rings. The summed E-state index contributed by atoms with van der Waals surface area (Å²) >= 11 is 3.06. The van der Waals surface area contributed by atoms with Crippen molar-refractivity contribution in [2.45, 2.75) is 17.7 Å². The van der Waals surface area contributed by atoms with Crippen molar-refractivity contribution in [1.82, 2.24) is 4.90 Å². The number of carbonyl (C=O) groups excluding carboxylic acids is 2. The Morgan fingerprint density at radius 3 is 2.79 bits per heavy atom. The molecule has 0 aliphatic carbocycles. The second kappa shape index (κ2) is 5.09. The normalized spacial score (nSPS) is 22.1. The summed E-state index contributed by atoms with van der Waals surface area (Å²) in [6.07, 6.45) is 0. The van der Waals surface area contributed by atoms with Gasteiger partial charge in [0.05, 0.1) is 0 Å². The van der Waals surface area contributed by atoms with Gasteiger partial charge in [-0.05, 0) is 0 Å². The van der Waals surface area contributed by atoms with E-state index in [1.165, 1.54) is 7.05 Å². The number of hydrogen-bond donors (Lipinski definition) is 0. The van der Waals surface area contributed by atoms with Crippen LogP contribution in [0, 0.1) is 10.2 Å². The molecule has 0 fully saturated rings. The number of amides is 2. The van der Waals surface area contributed by atoms with Crippen LogP contribution in [0.2, 0.25) is 5.32 Å². The fourth-order valence-electron chi connectivity index (χ4n) is 2.25. The number of halogens is 1. The molecular formula is C13H11BrN2O2Se. The minimum absolute atomic E-state index is 0.232. The van der Waals surface area contributed by atoms with Crippen LogP contribution in [0.1, 0.15) is 22.8 Å². The van der Waals surface area contributed by atoms with E-state index in [1.807, 2.05) is 13.0 Å². The molecule has 6 heteroatoms. The third-order valence-electron chi connectivity index (χ3n) is 3.31. The maximum atomic E-state index is 12.4. The van der Waals surface area contributed by atoms with Crippen LogP contribution in [-0.2, 0) is 10.2 Å². The van der Waals surface area contributed by atoms with Gasteiger partial charge in [0.2, 0.25) is 0 Å². The first-order chi connectivity index (χ1) is 8.91. The van der Waals surface area contributed by atoms with Crippen molar-refractivity contribution < 1.29 is 9.59 Å². The van der Waals surface area contributed by atoms with Gasteiger partial charge in [0.25, 0.3) is 0 Å². The summed E-state index contributed by atoms with van der Waals surface area (Å²) < 4.78 is 0.801. The van der Waals surface area contributed by atoms with E-state index >= 15 is 0 Å². The molecule has 1 atom stereocenters. The van der Waals surface area contributed by atoms with Crippen LogP contribution in [0.3, 0.4) is 0 Å². The molecule has 1 aromatic carbocycles. The second-order valence-corrected chi connectivity index (χ2v) is 7.08. The van der Waals surface area contributed by atoms with E-state index in [-0.39, 0.29) is 26.8 Å². The summed E-state index contributed by atoms with van der Waals surface area (Å²) in [6, 6.07) is 5.36. The van der Waals surface area contributed by atoms with Crippen LogP contribution in [-0.4, -0.2) is 38.7 Å². The minimum atomic E-state index is -0.783. The van der Waals surface area contributed by atoms with Crippen LogP contribution < -0.4 is 0 Å². The number of rotatable bonds is 2. The van der Waals surface area contributed by atoms with Gasteiger partial charge in [0.15, 0.2) is 0 Å². The Kier molecular flexibility index (Phi) is 3.82. The first-order valence-corrected chi connectivity index (χ1v) is 8.41. The Bertz CT molecular complexity index is 611. The van der Waals surface area contributed by atoms with Crippen LogP contribution in [0.5, 0.6) is 0 Å². The van der Waals surface area contributed by atoms with Gasteiger partial charge in [0, 0.05) is 0 Å². The molecule has 0 saturated carbocycles. The summed E-state index contributed by atoms with van der Waals surface area (Å²) in [6.45, 7) is 1.81. The van der Waals surface area contributed by atoms with Gasteiger partial charge < -0.3 is 0 Å². The number of nitrogens with zero attached hydrogens (tertiary/aromatic N) is 2. The van der Waals surface area contributed by atoms with E-state index < -0.39 is 5.41 Å². The summed E-state index contributed by atoms with van der Waals surface area (Å²) in [5.41, 5.74) is 0.475. The van der Waals surface area contributed by atoms with Crippen molar-refractivity contribution >= 4 is 42.7 Å². The number of nitriles is 1. The number of carbonyl (C=O) groups is 2. The molecule has 0 aromatic heterocycles. The molecular weight excluding hydrogens is 375 g/mol. The molecule has 2 amide bonds. The van der Waals surface area contributed by atoms with Crippen molar-refractivity contribution in [1.29, 1.82) is 5.26 Å². The van der Waals surface area contributed by atoms with Crippen molar-refractivity contribution in [2.24, 2.45) is 0 Å². The molecule has 98 valence electrons. The van der Waals surface area contributed by atoms with E-state index in [2.05, 4.69) is 20.9 Å². The molecule has 1 aliphatic heterocycles. The van der Waals surface area contributed by atoms with Crippen molar-refractivity contribution in [3.63, 3.8) is 0 Å². The van der Waals surface area contributed by atoms with E-state index in [1.54, 1.807) is 12.1 Å². The van der Waals surface area contributed by atoms with Gasteiger partial charge in [-0.2, -0.15) is 0 Å². The van der Waals surface area contributed by atoms with E-state index in [4.69, 9.17) is 5.26 Å². The van der Waals surface area contributed by atoms with Gasteiger partial charge in [-0.25, -0.2) is 0 Å². The first-order valence-electron chi connectivity index (χ1n) is 5.55. The van der Waals surface area contributed by atoms with Gasteiger partial charge in [-0.3, -0.25) is 0 Å². The third-order valence-corrected chi connectivity index (χ3v) is 5.59. The molecule has 0 N–H and O–H groups in total. The molecule has 0 bridgehead atoms. The Labute approximate surface area is 126 Å². The van der Waals surface area contributed by atoms with E-state index in [9.17, 15) is 9.59 Å². The monoisotopic (exact) mass is 386 g/mol. The Hall–Kier alpha value is -1.15. The van der Waals surface area contributed by atoms with Crippen molar-refractivity contribution in [2.75, 3.05) is 7.05 Å². The molecule has 2 rings (SSSR count). The fraction of sp³-hybridized carbons (Fsp3) is 0.308. The first kappa shape index (κ1) is 14.3. The van der Waals surface area contributed by atoms with E-state index in [0.717, 1.165) is 14.9 Å². The molecule has 4 nitrogen and oxygen atoms in total. The zero-order chi connectivity index (χ0) is 14.2. The number of likely N-dealkylation sites (N-methyl/N-ethyl adjacent to an activating group) is 1. The topological polar surface area (TPSA) is 61.2 Å². The predicted octanol–water partition coefficient (Wildman–Crippen LogP) is 1.92. The Morgan fingerprint density at radius 2 is 2.16 bits per heavy atom. The maximum absolute atomic E-state index is 12.4. The van der Waals surface area contributed by atoms with Gasteiger partial charge in [0.1, 0.15) is 0 Å². The van der Waals surface area contributed by atoms with Crippen LogP contribution in [0.25, 0.3) is 0 Å². The Balaban J connectivity index is 2.63. The molecule has 19 heavy (non-hydrogen) atoms. The molecule has 0 spiro atoms. The summed E-state index contributed by atoms with van der Waals surface area (Å²) in [7, 11) is 1.49. The number of hydrogen-bond acceptors (Lipinski definition) is 3. The van der Waals surface area contributed by atoms with Crippen LogP contribution >= 0.6 is 15.9 Å². The molecule has 0 radical (unpaired) electrons. The quantitative estimate of drug-likeness (QED) is 0.577. The van der Waals surface area contributed by atoms with Crippen LogP contribution in [0.4, 0.5) is 0 Å². The number of fused-ring (bicyclic) bond motifs is 1. The molecule has 0 saturated heterocycles. The molecule has 1 aliphatic rings. The average molecular weight is 386 g/mol. The molecule has 1 heterocycles. The number of imide groups is 1. The van der Waals surface area contributed by atoms with E-state index in [0.29, 0.717) is 10.9 Å². The van der Waals surface area contributed by atoms with Gasteiger partial charge in [-0.1, -0.05) is 0 Å².